The van der Waals surface area contributed by atoms with Crippen LogP contribution in [0.5, 0.6) is 0 Å². The number of anilines is 2. The van der Waals surface area contributed by atoms with Crippen LogP contribution in [0.2, 0.25) is 0 Å². The molecule has 3 aromatic rings. The zero-order valence-electron chi connectivity index (χ0n) is 24.5. The minimum absolute atomic E-state index is 0.125. The number of para-hydroxylation sites is 2. The third-order valence-electron chi connectivity index (χ3n) is 9.94. The summed E-state index contributed by atoms with van der Waals surface area (Å²) >= 11 is 0. The minimum Gasteiger partial charge on any atom is -0.463 e. The van der Waals surface area contributed by atoms with Crippen LogP contribution in [-0.2, 0) is 28.7 Å². The Morgan fingerprint density at radius 2 is 1.18 bits per heavy atom. The monoisotopic (exact) mass is 588 g/mol. The van der Waals surface area contributed by atoms with Crippen LogP contribution in [0.4, 0.5) is 11.4 Å². The third-order valence-corrected chi connectivity index (χ3v) is 9.94. The van der Waals surface area contributed by atoms with Gasteiger partial charge in [0.15, 0.2) is 0 Å². The van der Waals surface area contributed by atoms with Crippen molar-refractivity contribution in [3.63, 3.8) is 0 Å². The van der Waals surface area contributed by atoms with Crippen molar-refractivity contribution in [2.75, 3.05) is 16.4 Å². The van der Waals surface area contributed by atoms with Gasteiger partial charge in [-0.3, -0.25) is 29.0 Å². The number of hydrogen-bond donors (Lipinski definition) is 0. The van der Waals surface area contributed by atoms with Crippen LogP contribution in [0.1, 0.15) is 31.7 Å². The Bertz CT molecular complexity index is 1700. The SMILES string of the molecule is CCOC(=O)C1=C2C[C@H]3C(=O)N(c4ccccc4)C(=O)[C@H]3[C@@H](C)[C@@H]2[C@@H]2C(=O)N(c3ccccc3)C(=O)[C@@H]2[C@@H]1c1ccccc1. The van der Waals surface area contributed by atoms with Gasteiger partial charge in [0.1, 0.15) is 0 Å². The average molecular weight is 589 g/mol. The lowest BCUT2D eigenvalue weighted by Gasteiger charge is -2.47. The molecule has 0 radical (unpaired) electrons. The van der Waals surface area contributed by atoms with Gasteiger partial charge in [-0.1, -0.05) is 79.2 Å². The normalized spacial score (nSPS) is 29.5. The summed E-state index contributed by atoms with van der Waals surface area (Å²) in [4.78, 5) is 73.3. The van der Waals surface area contributed by atoms with Gasteiger partial charge in [0.25, 0.3) is 0 Å². The Morgan fingerprint density at radius 1 is 0.682 bits per heavy atom. The maximum Gasteiger partial charge on any atom is 0.334 e. The summed E-state index contributed by atoms with van der Waals surface area (Å²) in [5, 5.41) is 0. The predicted octanol–water partition coefficient (Wildman–Crippen LogP) is 4.91. The quantitative estimate of drug-likeness (QED) is 0.310. The summed E-state index contributed by atoms with van der Waals surface area (Å²) in [6, 6.07) is 26.9. The Morgan fingerprint density at radius 3 is 1.75 bits per heavy atom. The van der Waals surface area contributed by atoms with E-state index < -0.39 is 47.4 Å². The molecule has 2 aliphatic carbocycles. The van der Waals surface area contributed by atoms with Gasteiger partial charge < -0.3 is 4.74 Å². The summed E-state index contributed by atoms with van der Waals surface area (Å²) in [5.74, 6) is -6.83. The Labute approximate surface area is 255 Å². The summed E-state index contributed by atoms with van der Waals surface area (Å²) in [6.45, 7) is 3.73. The standard InChI is InChI=1S/C36H32N2O6/c1-3-44-36(43)29-24-19-25-27(33(40)37(32(25)39)22-15-9-5-10-16-22)20(2)26(24)30-31(28(29)21-13-7-4-8-14-21)35(42)38(34(30)41)23-17-11-6-12-18-23/h4-18,20,25-28,30-31H,3,19H2,1-2H3/t20-,25+,26-,27-,28+,30-,31+/m0/s1. The Hall–Kier alpha value is -4.85. The van der Waals surface area contributed by atoms with E-state index in [1.165, 1.54) is 9.80 Å². The molecule has 0 spiro atoms. The van der Waals surface area contributed by atoms with E-state index in [-0.39, 0.29) is 36.7 Å². The number of esters is 1. The van der Waals surface area contributed by atoms with Crippen molar-refractivity contribution < 1.29 is 28.7 Å². The Balaban J connectivity index is 1.44. The van der Waals surface area contributed by atoms with Crippen molar-refractivity contribution >= 4 is 41.0 Å². The molecule has 1 saturated carbocycles. The fourth-order valence-electron chi connectivity index (χ4n) is 8.29. The lowest BCUT2D eigenvalue weighted by Crippen LogP contribution is -2.48. The van der Waals surface area contributed by atoms with Gasteiger partial charge in [-0.25, -0.2) is 4.79 Å². The molecule has 2 heterocycles. The maximum absolute atomic E-state index is 14.5. The van der Waals surface area contributed by atoms with Crippen molar-refractivity contribution in [3.8, 4) is 0 Å². The van der Waals surface area contributed by atoms with Gasteiger partial charge in [-0.15, -0.1) is 0 Å². The fourth-order valence-corrected chi connectivity index (χ4v) is 8.29. The van der Waals surface area contributed by atoms with E-state index >= 15 is 0 Å². The van der Waals surface area contributed by atoms with Crippen molar-refractivity contribution in [2.45, 2.75) is 26.2 Å². The number of nitrogens with zero attached hydrogens (tertiary/aromatic N) is 2. The van der Waals surface area contributed by atoms with Gasteiger partial charge in [0.2, 0.25) is 23.6 Å². The highest BCUT2D eigenvalue weighted by Crippen LogP contribution is 2.60. The first-order chi connectivity index (χ1) is 21.3. The van der Waals surface area contributed by atoms with Crippen LogP contribution in [0.3, 0.4) is 0 Å². The average Bonchev–Trinajstić information content (AvgIpc) is 3.45. The summed E-state index contributed by atoms with van der Waals surface area (Å²) in [6.07, 6.45) is 0.140. The second-order valence-electron chi connectivity index (χ2n) is 12.0. The van der Waals surface area contributed by atoms with Gasteiger partial charge in [-0.2, -0.15) is 0 Å². The molecule has 3 aromatic carbocycles. The first-order valence-electron chi connectivity index (χ1n) is 15.2. The van der Waals surface area contributed by atoms with Crippen LogP contribution < -0.4 is 9.80 Å². The van der Waals surface area contributed by atoms with Gasteiger partial charge in [0.05, 0.1) is 41.7 Å². The van der Waals surface area contributed by atoms with Crippen LogP contribution in [0.15, 0.2) is 102 Å². The van der Waals surface area contributed by atoms with Gasteiger partial charge >= 0.3 is 5.97 Å². The molecule has 7 atom stereocenters. The molecule has 0 aromatic heterocycles. The topological polar surface area (TPSA) is 101 Å². The van der Waals surface area contributed by atoms with Crippen molar-refractivity contribution in [1.29, 1.82) is 0 Å². The number of ether oxygens (including phenoxy) is 1. The van der Waals surface area contributed by atoms with E-state index in [1.807, 2.05) is 49.4 Å². The summed E-state index contributed by atoms with van der Waals surface area (Å²) < 4.78 is 5.62. The smallest absolute Gasteiger partial charge is 0.334 e. The number of imide groups is 2. The largest absolute Gasteiger partial charge is 0.463 e. The number of rotatable bonds is 5. The van der Waals surface area contributed by atoms with E-state index in [9.17, 15) is 24.0 Å². The second kappa shape index (κ2) is 10.7. The van der Waals surface area contributed by atoms with E-state index in [1.54, 1.807) is 55.5 Å². The molecule has 4 amide bonds. The highest BCUT2D eigenvalue weighted by molar-refractivity contribution is 6.24. The van der Waals surface area contributed by atoms with E-state index in [2.05, 4.69) is 0 Å². The first-order valence-corrected chi connectivity index (χ1v) is 15.2. The molecular formula is C36H32N2O6. The number of benzene rings is 3. The van der Waals surface area contributed by atoms with E-state index in [4.69, 9.17) is 4.74 Å². The summed E-state index contributed by atoms with van der Waals surface area (Å²) in [5.41, 5.74) is 2.67. The van der Waals surface area contributed by atoms with Crippen LogP contribution in [0, 0.1) is 35.5 Å². The predicted molar refractivity (Wildman–Crippen MR) is 162 cm³/mol. The molecule has 0 N–H and O–H groups in total. The number of carbonyl (C=O) groups excluding carboxylic acids is 5. The van der Waals surface area contributed by atoms with Crippen molar-refractivity contribution in [1.82, 2.24) is 0 Å². The number of amides is 4. The minimum atomic E-state index is -0.880. The zero-order chi connectivity index (χ0) is 30.7. The van der Waals surface area contributed by atoms with Gasteiger partial charge in [0, 0.05) is 11.5 Å². The lowest BCUT2D eigenvalue weighted by atomic mass is 9.53. The summed E-state index contributed by atoms with van der Waals surface area (Å²) in [7, 11) is 0. The number of hydrogen-bond acceptors (Lipinski definition) is 6. The van der Waals surface area contributed by atoms with E-state index in [0.717, 1.165) is 5.56 Å². The van der Waals surface area contributed by atoms with Crippen LogP contribution in [0.25, 0.3) is 0 Å². The molecule has 0 unspecified atom stereocenters. The van der Waals surface area contributed by atoms with E-state index in [0.29, 0.717) is 22.5 Å². The first kappa shape index (κ1) is 28.0. The van der Waals surface area contributed by atoms with Gasteiger partial charge in [-0.05, 0) is 55.0 Å². The zero-order valence-corrected chi connectivity index (χ0v) is 24.5. The fraction of sp³-hybridized carbons (Fsp3) is 0.306. The Kier molecular flexibility index (Phi) is 6.80. The van der Waals surface area contributed by atoms with Crippen LogP contribution >= 0.6 is 0 Å². The number of allylic oxidation sites excluding steroid dienone is 1. The molecule has 4 aliphatic rings. The maximum atomic E-state index is 14.5. The highest BCUT2D eigenvalue weighted by atomic mass is 16.5. The molecule has 2 saturated heterocycles. The molecular weight excluding hydrogens is 556 g/mol. The highest BCUT2D eigenvalue weighted by Gasteiger charge is 2.65. The number of fused-ring (bicyclic) bond motifs is 4. The molecule has 44 heavy (non-hydrogen) atoms. The van der Waals surface area contributed by atoms with Crippen molar-refractivity contribution in [3.05, 3.63) is 108 Å². The lowest BCUT2D eigenvalue weighted by molar-refractivity contribution is -0.140. The third kappa shape index (κ3) is 4.00. The second-order valence-corrected chi connectivity index (χ2v) is 12.0. The van der Waals surface area contributed by atoms with Crippen molar-refractivity contribution in [2.24, 2.45) is 35.5 Å². The van der Waals surface area contributed by atoms with Crippen LogP contribution in [-0.4, -0.2) is 36.2 Å². The molecule has 7 rings (SSSR count). The molecule has 3 fully saturated rings. The molecule has 2 aliphatic heterocycles. The number of carbonyl (C=O) groups is 5. The molecule has 8 nitrogen and oxygen atoms in total. The molecule has 8 heteroatoms. The molecule has 0 bridgehead atoms. The molecule has 222 valence electrons.